The molecule has 0 saturated carbocycles. The van der Waals surface area contributed by atoms with Crippen molar-refractivity contribution in [2.45, 2.75) is 18.2 Å². The van der Waals surface area contributed by atoms with Gasteiger partial charge >= 0.3 is 0 Å². The Morgan fingerprint density at radius 3 is 2.40 bits per heavy atom. The lowest BCUT2D eigenvalue weighted by Crippen LogP contribution is -2.26. The van der Waals surface area contributed by atoms with Gasteiger partial charge in [0.25, 0.3) is 5.91 Å². The van der Waals surface area contributed by atoms with Crippen LogP contribution in [0.25, 0.3) is 0 Å². The van der Waals surface area contributed by atoms with Crippen LogP contribution in [0.3, 0.4) is 0 Å². The van der Waals surface area contributed by atoms with E-state index in [1.165, 1.54) is 7.11 Å². The number of amides is 1. The summed E-state index contributed by atoms with van der Waals surface area (Å²) in [5.74, 6) is 0.321. The third-order valence-electron chi connectivity index (χ3n) is 3.62. The quantitative estimate of drug-likeness (QED) is 0.752. The number of carbonyl (C=O) groups excluding carboxylic acids is 1. The number of hydrogen-bond donors (Lipinski definition) is 2. The molecule has 0 aliphatic heterocycles. The Balaban J connectivity index is 1.93. The minimum Gasteiger partial charge on any atom is -0.496 e. The fourth-order valence-corrected chi connectivity index (χ4v) is 3.40. The normalized spacial score (nSPS) is 11.1. The lowest BCUT2D eigenvalue weighted by Gasteiger charge is -2.09. The Hall–Kier alpha value is -2.38. The summed E-state index contributed by atoms with van der Waals surface area (Å²) in [6.07, 6.45) is 0.600. The summed E-state index contributed by atoms with van der Waals surface area (Å²) in [6.45, 7) is 2.52. The number of benzene rings is 2. The van der Waals surface area contributed by atoms with Gasteiger partial charge in [-0.2, -0.15) is 0 Å². The number of nitrogens with one attached hydrogen (secondary N) is 2. The second-order valence-electron chi connectivity index (χ2n) is 5.35. The predicted octanol–water partition coefficient (Wildman–Crippen LogP) is 1.97. The van der Waals surface area contributed by atoms with Crippen molar-refractivity contribution in [3.05, 3.63) is 59.7 Å². The minimum absolute atomic E-state index is 0.205. The van der Waals surface area contributed by atoms with Crippen molar-refractivity contribution < 1.29 is 17.9 Å². The summed E-state index contributed by atoms with van der Waals surface area (Å²) < 4.78 is 31.4. The highest BCUT2D eigenvalue weighted by Gasteiger charge is 2.12. The average Bonchev–Trinajstić information content (AvgIpc) is 2.62. The van der Waals surface area contributed by atoms with Gasteiger partial charge in [0.2, 0.25) is 10.0 Å². The van der Waals surface area contributed by atoms with E-state index in [0.29, 0.717) is 30.8 Å². The lowest BCUT2D eigenvalue weighted by atomic mass is 10.1. The molecule has 0 bridgehead atoms. The average molecular weight is 362 g/mol. The summed E-state index contributed by atoms with van der Waals surface area (Å²) in [6, 6.07) is 13.6. The molecule has 2 aromatic carbocycles. The van der Waals surface area contributed by atoms with Crippen molar-refractivity contribution in [3.63, 3.8) is 0 Å². The summed E-state index contributed by atoms with van der Waals surface area (Å²) in [7, 11) is -1.92. The van der Waals surface area contributed by atoms with Crippen LogP contribution in [0.4, 0.5) is 0 Å². The molecule has 134 valence electrons. The highest BCUT2D eigenvalue weighted by Crippen LogP contribution is 2.17. The number of carbonyl (C=O) groups is 1. The Morgan fingerprint density at radius 1 is 1.08 bits per heavy atom. The minimum atomic E-state index is -3.44. The molecule has 6 nitrogen and oxygen atoms in total. The van der Waals surface area contributed by atoms with Crippen molar-refractivity contribution in [3.8, 4) is 5.75 Å². The highest BCUT2D eigenvalue weighted by molar-refractivity contribution is 7.89. The first-order valence-corrected chi connectivity index (χ1v) is 9.46. The number of methoxy groups -OCH3 is 1. The number of ether oxygens (including phenoxy) is 1. The van der Waals surface area contributed by atoms with Gasteiger partial charge in [-0.1, -0.05) is 31.2 Å². The van der Waals surface area contributed by atoms with Crippen LogP contribution in [0.1, 0.15) is 22.8 Å². The first-order valence-electron chi connectivity index (χ1n) is 7.97. The van der Waals surface area contributed by atoms with E-state index in [2.05, 4.69) is 10.0 Å². The van der Waals surface area contributed by atoms with Crippen molar-refractivity contribution >= 4 is 15.9 Å². The van der Waals surface area contributed by atoms with E-state index in [0.717, 1.165) is 5.56 Å². The molecular weight excluding hydrogens is 340 g/mol. The zero-order chi connectivity index (χ0) is 18.3. The molecule has 0 aromatic heterocycles. The first-order chi connectivity index (χ1) is 12.0. The van der Waals surface area contributed by atoms with Gasteiger partial charge in [0.05, 0.1) is 17.6 Å². The number of hydrogen-bond acceptors (Lipinski definition) is 4. The van der Waals surface area contributed by atoms with Crippen LogP contribution >= 0.6 is 0 Å². The molecular formula is C18H22N2O4S. The van der Waals surface area contributed by atoms with Gasteiger partial charge < -0.3 is 10.1 Å². The SMILES string of the molecule is CCNS(=O)(=O)c1ccc(CCNC(=O)c2ccccc2OC)cc1. The van der Waals surface area contributed by atoms with Crippen LogP contribution in [0.5, 0.6) is 5.75 Å². The zero-order valence-electron chi connectivity index (χ0n) is 14.3. The Morgan fingerprint density at radius 2 is 1.76 bits per heavy atom. The number of sulfonamides is 1. The van der Waals surface area contributed by atoms with Crippen molar-refractivity contribution in [1.29, 1.82) is 0 Å². The van der Waals surface area contributed by atoms with E-state index in [9.17, 15) is 13.2 Å². The van der Waals surface area contributed by atoms with Gasteiger partial charge in [-0.15, -0.1) is 0 Å². The highest BCUT2D eigenvalue weighted by atomic mass is 32.2. The Kier molecular flexibility index (Phi) is 6.55. The van der Waals surface area contributed by atoms with Crippen LogP contribution in [0.15, 0.2) is 53.4 Å². The molecule has 1 amide bonds. The van der Waals surface area contributed by atoms with Gasteiger partial charge in [-0.3, -0.25) is 4.79 Å². The molecule has 0 aliphatic rings. The molecule has 0 spiro atoms. The maximum Gasteiger partial charge on any atom is 0.255 e. The van der Waals surface area contributed by atoms with Crippen LogP contribution in [0, 0.1) is 0 Å². The standard InChI is InChI=1S/C18H22N2O4S/c1-3-20-25(22,23)15-10-8-14(9-11-15)12-13-19-18(21)16-6-4-5-7-17(16)24-2/h4-11,20H,3,12-13H2,1-2H3,(H,19,21). The zero-order valence-corrected chi connectivity index (χ0v) is 15.1. The maximum absolute atomic E-state index is 12.2. The van der Waals surface area contributed by atoms with Crippen molar-refractivity contribution in [2.24, 2.45) is 0 Å². The van der Waals surface area contributed by atoms with Gasteiger partial charge in [-0.25, -0.2) is 13.1 Å². The van der Waals surface area contributed by atoms with Crippen LogP contribution in [-0.2, 0) is 16.4 Å². The molecule has 0 unspecified atom stereocenters. The van der Waals surface area contributed by atoms with E-state index in [1.54, 1.807) is 55.5 Å². The van der Waals surface area contributed by atoms with Gasteiger partial charge in [0, 0.05) is 13.1 Å². The van der Waals surface area contributed by atoms with Crippen molar-refractivity contribution in [1.82, 2.24) is 10.0 Å². The molecule has 2 N–H and O–H groups in total. The molecule has 0 saturated heterocycles. The van der Waals surface area contributed by atoms with Gasteiger partial charge in [0.1, 0.15) is 5.75 Å². The monoisotopic (exact) mass is 362 g/mol. The van der Waals surface area contributed by atoms with Gasteiger partial charge in [0.15, 0.2) is 0 Å². The van der Waals surface area contributed by atoms with Crippen LogP contribution in [0.2, 0.25) is 0 Å². The molecule has 0 fully saturated rings. The molecule has 2 aromatic rings. The molecule has 0 heterocycles. The van der Waals surface area contributed by atoms with Crippen LogP contribution < -0.4 is 14.8 Å². The summed E-state index contributed by atoms with van der Waals surface area (Å²) >= 11 is 0. The van der Waals surface area contributed by atoms with E-state index < -0.39 is 10.0 Å². The first kappa shape index (κ1) is 19.0. The Labute approximate surface area is 148 Å². The molecule has 0 atom stereocenters. The molecule has 2 rings (SSSR count). The second-order valence-corrected chi connectivity index (χ2v) is 7.12. The fraction of sp³-hybridized carbons (Fsp3) is 0.278. The van der Waals surface area contributed by atoms with E-state index in [4.69, 9.17) is 4.74 Å². The number of rotatable bonds is 8. The molecule has 0 radical (unpaired) electrons. The maximum atomic E-state index is 12.2. The lowest BCUT2D eigenvalue weighted by molar-refractivity contribution is 0.0951. The molecule has 0 aliphatic carbocycles. The molecule has 7 heteroatoms. The van der Waals surface area contributed by atoms with E-state index in [-0.39, 0.29) is 10.8 Å². The van der Waals surface area contributed by atoms with Crippen molar-refractivity contribution in [2.75, 3.05) is 20.2 Å². The third kappa shape index (κ3) is 5.04. The largest absolute Gasteiger partial charge is 0.496 e. The van der Waals surface area contributed by atoms with E-state index in [1.807, 2.05) is 0 Å². The number of para-hydroxylation sites is 1. The fourth-order valence-electron chi connectivity index (χ4n) is 2.36. The third-order valence-corrected chi connectivity index (χ3v) is 5.18. The summed E-state index contributed by atoms with van der Waals surface area (Å²) in [5, 5.41) is 2.84. The smallest absolute Gasteiger partial charge is 0.255 e. The summed E-state index contributed by atoms with van der Waals surface area (Å²) in [4.78, 5) is 12.4. The predicted molar refractivity (Wildman–Crippen MR) is 96.3 cm³/mol. The van der Waals surface area contributed by atoms with Crippen LogP contribution in [-0.4, -0.2) is 34.5 Å². The Bertz CT molecular complexity index is 817. The van der Waals surface area contributed by atoms with Gasteiger partial charge in [-0.05, 0) is 36.2 Å². The second kappa shape index (κ2) is 8.64. The molecule has 25 heavy (non-hydrogen) atoms. The topological polar surface area (TPSA) is 84.5 Å². The van der Waals surface area contributed by atoms with E-state index >= 15 is 0 Å². The summed E-state index contributed by atoms with van der Waals surface area (Å²) in [5.41, 5.74) is 1.42.